The van der Waals surface area contributed by atoms with Gasteiger partial charge in [-0.2, -0.15) is 0 Å². The van der Waals surface area contributed by atoms with Crippen molar-refractivity contribution < 1.29 is 24.5 Å². The van der Waals surface area contributed by atoms with Gasteiger partial charge < -0.3 is 19.7 Å². The fourth-order valence-electron chi connectivity index (χ4n) is 3.93. The van der Waals surface area contributed by atoms with Crippen molar-refractivity contribution in [3.63, 3.8) is 0 Å². The van der Waals surface area contributed by atoms with Crippen LogP contribution in [0, 0.1) is 7.14 Å². The number of phenolic OH excluding ortho intramolecular Hbond substituents is 2. The van der Waals surface area contributed by atoms with Gasteiger partial charge in [0.15, 0.2) is 28.6 Å². The molecule has 5 nitrogen and oxygen atoms in total. The second-order valence-electron chi connectivity index (χ2n) is 6.97. The molecule has 1 spiro atoms. The number of hydrogen-bond donors (Lipinski definition) is 2. The topological polar surface area (TPSA) is 76.0 Å². The molecule has 0 radical (unpaired) electrons. The van der Waals surface area contributed by atoms with Crippen LogP contribution in [0.2, 0.25) is 10.0 Å². The zero-order valence-corrected chi connectivity index (χ0v) is 27.5. The quantitative estimate of drug-likeness (QED) is 0.102. The lowest BCUT2D eigenvalue weighted by molar-refractivity contribution is 0.0222. The molecule has 0 atom stereocenters. The molecule has 0 saturated heterocycles. The third-order valence-electron chi connectivity index (χ3n) is 5.33. The molecule has 13 heteroatoms. The van der Waals surface area contributed by atoms with Crippen molar-refractivity contribution in [1.82, 2.24) is 0 Å². The maximum absolute atomic E-state index is 13.4. The van der Waals surface area contributed by atoms with Crippen LogP contribution in [-0.2, 0) is 10.3 Å². The predicted molar refractivity (Wildman–Crippen MR) is 154 cm³/mol. The smallest absolute Gasteiger partial charge is 0.341 e. The summed E-state index contributed by atoms with van der Waals surface area (Å²) in [5, 5.41) is 20.8. The van der Waals surface area contributed by atoms with E-state index in [1.165, 1.54) is 0 Å². The van der Waals surface area contributed by atoms with E-state index in [1.54, 1.807) is 12.1 Å². The number of ether oxygens (including phenoxy) is 2. The maximum atomic E-state index is 13.4. The molecule has 3 aromatic rings. The summed E-state index contributed by atoms with van der Waals surface area (Å²) in [6.45, 7) is 0. The highest BCUT2D eigenvalue weighted by Crippen LogP contribution is 2.64. The summed E-state index contributed by atoms with van der Waals surface area (Å²) in [4.78, 5) is 13.4. The summed E-state index contributed by atoms with van der Waals surface area (Å²) >= 11 is 31.0. The van der Waals surface area contributed by atoms with Crippen molar-refractivity contribution in [3.8, 4) is 23.0 Å². The molecular weight excluding hydrogens is 965 g/mol. The molecule has 2 aliphatic heterocycles. The van der Waals surface area contributed by atoms with E-state index in [9.17, 15) is 15.0 Å². The van der Waals surface area contributed by atoms with E-state index in [0.717, 1.165) is 0 Å². The Hall–Kier alpha value is 0.490. The van der Waals surface area contributed by atoms with Crippen LogP contribution in [-0.4, -0.2) is 16.2 Å². The minimum absolute atomic E-state index is 0.0623. The van der Waals surface area contributed by atoms with Crippen molar-refractivity contribution in [2.24, 2.45) is 0 Å². The van der Waals surface area contributed by atoms with Crippen LogP contribution < -0.4 is 4.74 Å². The van der Waals surface area contributed by atoms with Crippen LogP contribution >= 0.6 is 132 Å². The van der Waals surface area contributed by atoms with Crippen LogP contribution in [0.25, 0.3) is 0 Å². The SMILES string of the molecule is O=C1OC2(c3cc(I)c(O)c(Cl)c3Oc3c2cc(I)c(O)c3Cl)c2c(Br)c(Br)c(Br)c(Br)c21. The lowest BCUT2D eigenvalue weighted by atomic mass is 9.77. The van der Waals surface area contributed by atoms with Crippen LogP contribution in [0.1, 0.15) is 27.0 Å². The normalized spacial score (nSPS) is 15.1. The molecule has 3 aromatic carbocycles. The Morgan fingerprint density at radius 3 is 1.76 bits per heavy atom. The Morgan fingerprint density at radius 2 is 1.27 bits per heavy atom. The number of carbonyl (C=O) groups is 1. The molecule has 0 saturated carbocycles. The first kappa shape index (κ1) is 25.2. The Labute approximate surface area is 257 Å². The molecule has 0 unspecified atom stereocenters. The summed E-state index contributed by atoms with van der Waals surface area (Å²) in [5.74, 6) is -0.855. The lowest BCUT2D eigenvalue weighted by Crippen LogP contribution is -2.34. The third-order valence-corrected chi connectivity index (χ3v) is 12.4. The van der Waals surface area contributed by atoms with Crippen molar-refractivity contribution in [2.45, 2.75) is 5.60 Å². The number of esters is 1. The highest BCUT2D eigenvalue weighted by atomic mass is 127. The van der Waals surface area contributed by atoms with E-state index in [0.29, 0.717) is 41.7 Å². The number of carbonyl (C=O) groups excluding carboxylic acids is 1. The van der Waals surface area contributed by atoms with Gasteiger partial charge in [-0.05, 0) is 121 Å². The van der Waals surface area contributed by atoms with Gasteiger partial charge in [0.1, 0.15) is 10.0 Å². The average molecular weight is 969 g/mol. The van der Waals surface area contributed by atoms with E-state index in [-0.39, 0.29) is 38.6 Å². The first-order valence-electron chi connectivity index (χ1n) is 8.63. The number of fused-ring (bicyclic) bond motifs is 6. The fraction of sp³-hybridized carbons (Fsp3) is 0.0500. The van der Waals surface area contributed by atoms with E-state index in [2.05, 4.69) is 63.7 Å². The van der Waals surface area contributed by atoms with Gasteiger partial charge in [-0.25, -0.2) is 4.79 Å². The average Bonchev–Trinajstić information content (AvgIpc) is 3.08. The minimum Gasteiger partial charge on any atom is -0.505 e. The number of benzene rings is 3. The van der Waals surface area contributed by atoms with E-state index >= 15 is 0 Å². The summed E-state index contributed by atoms with van der Waals surface area (Å²) in [5.41, 5.74) is 0.0147. The zero-order valence-electron chi connectivity index (χ0n) is 15.3. The van der Waals surface area contributed by atoms with Crippen LogP contribution in [0.3, 0.4) is 0 Å². The molecule has 33 heavy (non-hydrogen) atoms. The molecule has 0 fully saturated rings. The fourth-order valence-corrected chi connectivity index (χ4v) is 8.45. The monoisotopic (exact) mass is 963 g/mol. The molecule has 0 amide bonds. The minimum atomic E-state index is -1.55. The van der Waals surface area contributed by atoms with Gasteiger partial charge in [0, 0.05) is 23.5 Å². The highest BCUT2D eigenvalue weighted by Gasteiger charge is 2.57. The van der Waals surface area contributed by atoms with E-state index < -0.39 is 11.6 Å². The largest absolute Gasteiger partial charge is 0.505 e. The summed E-state index contributed by atoms with van der Waals surface area (Å²) in [7, 11) is 0. The van der Waals surface area contributed by atoms with Crippen LogP contribution in [0.5, 0.6) is 23.0 Å². The second kappa shape index (κ2) is 8.52. The van der Waals surface area contributed by atoms with Gasteiger partial charge in [0.2, 0.25) is 0 Å². The zero-order chi connectivity index (χ0) is 24.1. The lowest BCUT2D eigenvalue weighted by Gasteiger charge is -2.38. The van der Waals surface area contributed by atoms with Gasteiger partial charge in [-0.3, -0.25) is 0 Å². The van der Waals surface area contributed by atoms with Crippen molar-refractivity contribution in [1.29, 1.82) is 0 Å². The molecule has 0 bridgehead atoms. The van der Waals surface area contributed by atoms with Crippen molar-refractivity contribution in [2.75, 3.05) is 0 Å². The Bertz CT molecular complexity index is 1400. The molecule has 0 aliphatic carbocycles. The van der Waals surface area contributed by atoms with Crippen LogP contribution in [0.15, 0.2) is 30.0 Å². The van der Waals surface area contributed by atoms with Gasteiger partial charge in [-0.1, -0.05) is 23.2 Å². The number of halogens is 8. The molecule has 2 N–H and O–H groups in total. The number of rotatable bonds is 0. The molecule has 2 aliphatic rings. The summed E-state index contributed by atoms with van der Waals surface area (Å²) in [6, 6.07) is 3.29. The van der Waals surface area contributed by atoms with Crippen molar-refractivity contribution >= 4 is 138 Å². The maximum Gasteiger partial charge on any atom is 0.341 e. The Morgan fingerprint density at radius 1 is 0.818 bits per heavy atom. The van der Waals surface area contributed by atoms with Crippen LogP contribution in [0.4, 0.5) is 0 Å². The molecule has 2 heterocycles. The predicted octanol–water partition coefficient (Wildman–Crippen LogP) is 9.23. The van der Waals surface area contributed by atoms with Crippen molar-refractivity contribution in [3.05, 3.63) is 69.5 Å². The molecule has 5 rings (SSSR count). The number of aromatic hydroxyl groups is 2. The van der Waals surface area contributed by atoms with E-state index in [4.69, 9.17) is 32.7 Å². The summed E-state index contributed by atoms with van der Waals surface area (Å²) < 4.78 is 15.4. The number of phenols is 2. The highest BCUT2D eigenvalue weighted by molar-refractivity contribution is 14.1. The van der Waals surface area contributed by atoms with Gasteiger partial charge in [-0.15, -0.1) is 0 Å². The summed E-state index contributed by atoms with van der Waals surface area (Å²) in [6.07, 6.45) is 0. The van der Waals surface area contributed by atoms with Gasteiger partial charge in [0.05, 0.1) is 23.8 Å². The Balaban J connectivity index is 2.05. The Kier molecular flexibility index (Phi) is 6.49. The van der Waals surface area contributed by atoms with Gasteiger partial charge >= 0.3 is 5.97 Å². The first-order chi connectivity index (χ1) is 15.4. The standard InChI is InChI=1S/C20H4Br4Cl2I2O5/c21-9-7-8(10(22)12(24)11(9)23)20(33-19(7)31)3-1-5(27)15(29)13(25)17(3)32-18-4(20)2-6(28)16(30)14(18)26/h1-2,29-30H. The van der Waals surface area contributed by atoms with E-state index in [1.807, 2.05) is 45.2 Å². The first-order valence-corrected chi connectivity index (χ1v) is 14.7. The number of hydrogen-bond acceptors (Lipinski definition) is 5. The third kappa shape index (κ3) is 3.31. The van der Waals surface area contributed by atoms with Gasteiger partial charge in [0.25, 0.3) is 0 Å². The second-order valence-corrected chi connectivity index (χ2v) is 13.2. The molecule has 170 valence electrons. The molecule has 0 aromatic heterocycles. The molecular formula is C20H4Br4Cl2I2O5.